The fraction of sp³-hybridized carbons (Fsp3) is 0.917. The molecule has 0 aliphatic rings. The Morgan fingerprint density at radius 3 is 2.38 bits per heavy atom. The second-order valence-corrected chi connectivity index (χ2v) is 5.06. The molecule has 96 valence electrons. The first kappa shape index (κ1) is 15.4. The van der Waals surface area contributed by atoms with Crippen LogP contribution < -0.4 is 0 Å². The van der Waals surface area contributed by atoms with Crippen molar-refractivity contribution in [1.29, 1.82) is 0 Å². The van der Waals surface area contributed by atoms with E-state index in [-0.39, 0.29) is 30.5 Å². The molecule has 1 N–H and O–H groups in total. The van der Waals surface area contributed by atoms with E-state index in [9.17, 15) is 4.79 Å². The molecule has 0 aromatic carbocycles. The van der Waals surface area contributed by atoms with Crippen molar-refractivity contribution in [3.05, 3.63) is 0 Å². The summed E-state index contributed by atoms with van der Waals surface area (Å²) in [6.45, 7) is 8.35. The third-order valence-corrected chi connectivity index (χ3v) is 2.60. The predicted molar refractivity (Wildman–Crippen MR) is 62.0 cm³/mol. The predicted octanol–water partition coefficient (Wildman–Crippen LogP) is 2.87. The van der Waals surface area contributed by atoms with Gasteiger partial charge in [-0.15, -0.1) is 0 Å². The average molecular weight is 232 g/mol. The molecular formula is C12H24O4. The van der Waals surface area contributed by atoms with Crippen molar-refractivity contribution in [3.8, 4) is 0 Å². The first-order valence-corrected chi connectivity index (χ1v) is 5.86. The molecule has 0 radical (unpaired) electrons. The molecule has 16 heavy (non-hydrogen) atoms. The quantitative estimate of drug-likeness (QED) is 0.317. The molecule has 1 atom stereocenters. The molecule has 4 nitrogen and oxygen atoms in total. The Hall–Kier alpha value is -0.610. The lowest BCUT2D eigenvalue weighted by atomic mass is 9.78. The molecule has 0 saturated heterocycles. The summed E-state index contributed by atoms with van der Waals surface area (Å²) in [5, 5.41) is 8.13. The molecular weight excluding hydrogens is 208 g/mol. The molecule has 0 amide bonds. The van der Waals surface area contributed by atoms with Crippen LogP contribution in [0.3, 0.4) is 0 Å². The molecule has 1 unspecified atom stereocenters. The highest BCUT2D eigenvalue weighted by Crippen LogP contribution is 2.31. The number of carbonyl (C=O) groups is 1. The average Bonchev–Trinajstić information content (AvgIpc) is 2.16. The lowest BCUT2D eigenvalue weighted by Gasteiger charge is -2.28. The van der Waals surface area contributed by atoms with Crippen molar-refractivity contribution in [2.45, 2.75) is 47.0 Å². The smallest absolute Gasteiger partial charge is 0.309 e. The topological polar surface area (TPSA) is 55.8 Å². The summed E-state index contributed by atoms with van der Waals surface area (Å²) in [7, 11) is 0. The summed E-state index contributed by atoms with van der Waals surface area (Å²) < 4.78 is 5.04. The molecule has 0 saturated carbocycles. The zero-order valence-corrected chi connectivity index (χ0v) is 10.8. The maximum absolute atomic E-state index is 11.8. The fourth-order valence-electron chi connectivity index (χ4n) is 1.59. The normalized spacial score (nSPS) is 13.6. The van der Waals surface area contributed by atoms with Gasteiger partial charge in [-0.2, -0.15) is 0 Å². The number of unbranched alkanes of at least 4 members (excludes halogenated alkanes) is 1. The highest BCUT2D eigenvalue weighted by Gasteiger charge is 2.31. The summed E-state index contributed by atoms with van der Waals surface area (Å²) in [4.78, 5) is 15.7. The van der Waals surface area contributed by atoms with E-state index in [1.165, 1.54) is 0 Å². The minimum Gasteiger partial charge on any atom is -0.463 e. The van der Waals surface area contributed by atoms with Crippen molar-refractivity contribution < 1.29 is 19.7 Å². The molecule has 0 heterocycles. The Balaban J connectivity index is 4.22. The Kier molecular flexibility index (Phi) is 7.34. The largest absolute Gasteiger partial charge is 0.463 e. The Bertz CT molecular complexity index is 196. The van der Waals surface area contributed by atoms with E-state index in [0.717, 1.165) is 19.3 Å². The maximum atomic E-state index is 11.8. The molecule has 0 fully saturated rings. The molecule has 0 aromatic heterocycles. The zero-order chi connectivity index (χ0) is 12.6. The van der Waals surface area contributed by atoms with Crippen LogP contribution in [0.5, 0.6) is 0 Å². The molecule has 0 bridgehead atoms. The third kappa shape index (κ3) is 6.08. The van der Waals surface area contributed by atoms with Gasteiger partial charge in [-0.3, -0.25) is 10.1 Å². The minimum absolute atomic E-state index is 0.0242. The van der Waals surface area contributed by atoms with Crippen molar-refractivity contribution >= 4 is 5.97 Å². The van der Waals surface area contributed by atoms with Gasteiger partial charge in [0.25, 0.3) is 0 Å². The van der Waals surface area contributed by atoms with Gasteiger partial charge in [0, 0.05) is 0 Å². The van der Waals surface area contributed by atoms with E-state index < -0.39 is 0 Å². The van der Waals surface area contributed by atoms with Crippen LogP contribution in [0, 0.1) is 11.3 Å². The molecule has 0 spiro atoms. The van der Waals surface area contributed by atoms with Crippen LogP contribution >= 0.6 is 0 Å². The van der Waals surface area contributed by atoms with Gasteiger partial charge in [-0.25, -0.2) is 4.89 Å². The first-order chi connectivity index (χ1) is 7.43. The van der Waals surface area contributed by atoms with Crippen LogP contribution in [0.1, 0.15) is 47.0 Å². The molecule has 4 heteroatoms. The molecule has 0 rings (SSSR count). The number of hydrogen-bond donors (Lipinski definition) is 1. The van der Waals surface area contributed by atoms with Crippen molar-refractivity contribution in [2.24, 2.45) is 11.3 Å². The summed E-state index contributed by atoms with van der Waals surface area (Å²) in [5.74, 6) is -0.288. The first-order valence-electron chi connectivity index (χ1n) is 5.86. The Morgan fingerprint density at radius 2 is 1.94 bits per heavy atom. The summed E-state index contributed by atoms with van der Waals surface area (Å²) >= 11 is 0. The second kappa shape index (κ2) is 7.63. The van der Waals surface area contributed by atoms with E-state index in [1.807, 2.05) is 20.8 Å². The second-order valence-electron chi connectivity index (χ2n) is 5.06. The fourth-order valence-corrected chi connectivity index (χ4v) is 1.59. The lowest BCUT2D eigenvalue weighted by Crippen LogP contribution is -2.31. The van der Waals surface area contributed by atoms with Crippen LogP contribution in [-0.2, 0) is 14.4 Å². The summed E-state index contributed by atoms with van der Waals surface area (Å²) in [6, 6.07) is 0. The van der Waals surface area contributed by atoms with Gasteiger partial charge in [0.15, 0.2) is 0 Å². The van der Waals surface area contributed by atoms with Crippen LogP contribution in [-0.4, -0.2) is 24.4 Å². The zero-order valence-electron chi connectivity index (χ0n) is 10.8. The van der Waals surface area contributed by atoms with Crippen molar-refractivity contribution in [2.75, 3.05) is 13.2 Å². The van der Waals surface area contributed by atoms with E-state index in [2.05, 4.69) is 11.8 Å². The SMILES string of the molecule is CCCCC(C(=O)OCCOO)C(C)(C)C. The van der Waals surface area contributed by atoms with Gasteiger partial charge in [0.2, 0.25) is 0 Å². The monoisotopic (exact) mass is 232 g/mol. The Labute approximate surface area is 97.9 Å². The van der Waals surface area contributed by atoms with E-state index in [4.69, 9.17) is 9.99 Å². The number of carbonyl (C=O) groups excluding carboxylic acids is 1. The number of ether oxygens (including phenoxy) is 1. The molecule has 0 aliphatic carbocycles. The molecule has 0 aliphatic heterocycles. The van der Waals surface area contributed by atoms with Gasteiger partial charge in [0.1, 0.15) is 13.2 Å². The molecule has 0 aromatic rings. The summed E-state index contributed by atoms with van der Waals surface area (Å²) in [5.41, 5.74) is -0.0909. The third-order valence-electron chi connectivity index (χ3n) is 2.60. The van der Waals surface area contributed by atoms with Gasteiger partial charge in [-0.1, -0.05) is 40.5 Å². The van der Waals surface area contributed by atoms with Gasteiger partial charge in [-0.05, 0) is 11.8 Å². The standard InChI is InChI=1S/C12H24O4/c1-5-6-7-10(12(2,3)4)11(13)15-8-9-16-14/h10,14H,5-9H2,1-4H3. The number of rotatable bonds is 7. The number of hydrogen-bond acceptors (Lipinski definition) is 4. The Morgan fingerprint density at radius 1 is 1.31 bits per heavy atom. The maximum Gasteiger partial charge on any atom is 0.309 e. The summed E-state index contributed by atoms with van der Waals surface area (Å²) in [6.07, 6.45) is 2.94. The van der Waals surface area contributed by atoms with Gasteiger partial charge in [0.05, 0.1) is 5.92 Å². The van der Waals surface area contributed by atoms with Crippen molar-refractivity contribution in [3.63, 3.8) is 0 Å². The highest BCUT2D eigenvalue weighted by atomic mass is 17.1. The van der Waals surface area contributed by atoms with Crippen LogP contribution in [0.2, 0.25) is 0 Å². The van der Waals surface area contributed by atoms with E-state index in [0.29, 0.717) is 0 Å². The van der Waals surface area contributed by atoms with Crippen LogP contribution in [0.15, 0.2) is 0 Å². The lowest BCUT2D eigenvalue weighted by molar-refractivity contribution is -0.248. The van der Waals surface area contributed by atoms with Crippen molar-refractivity contribution in [1.82, 2.24) is 0 Å². The number of esters is 1. The van der Waals surface area contributed by atoms with Crippen LogP contribution in [0.4, 0.5) is 0 Å². The minimum atomic E-state index is -0.196. The van der Waals surface area contributed by atoms with Crippen LogP contribution in [0.25, 0.3) is 0 Å². The highest BCUT2D eigenvalue weighted by molar-refractivity contribution is 5.73. The van der Waals surface area contributed by atoms with E-state index in [1.54, 1.807) is 0 Å². The van der Waals surface area contributed by atoms with Gasteiger partial charge < -0.3 is 4.74 Å². The van der Waals surface area contributed by atoms with E-state index >= 15 is 0 Å². The van der Waals surface area contributed by atoms with Gasteiger partial charge >= 0.3 is 5.97 Å².